The van der Waals surface area contributed by atoms with E-state index in [4.69, 9.17) is 0 Å². The van der Waals surface area contributed by atoms with E-state index in [1.54, 1.807) is 0 Å². The number of hydrogen-bond acceptors (Lipinski definition) is 4. The third-order valence-corrected chi connectivity index (χ3v) is 5.15. The van der Waals surface area contributed by atoms with Gasteiger partial charge in [-0.05, 0) is 56.3 Å². The molecule has 1 aromatic rings. The highest BCUT2D eigenvalue weighted by Gasteiger charge is 2.35. The van der Waals surface area contributed by atoms with Crippen LogP contribution in [-0.4, -0.2) is 40.7 Å². The molecule has 1 aliphatic rings. The second kappa shape index (κ2) is 9.78. The van der Waals surface area contributed by atoms with Crippen molar-refractivity contribution in [3.05, 3.63) is 40.3 Å². The van der Waals surface area contributed by atoms with Crippen molar-refractivity contribution in [3.8, 4) is 0 Å². The summed E-state index contributed by atoms with van der Waals surface area (Å²) >= 11 is 1.04. The number of aryl methyl sites for hydroxylation is 1. The fourth-order valence-electron chi connectivity index (χ4n) is 2.65. The zero-order valence-corrected chi connectivity index (χ0v) is 16.3. The molecule has 136 valence electrons. The summed E-state index contributed by atoms with van der Waals surface area (Å²) in [5, 5.41) is -0.165. The van der Waals surface area contributed by atoms with Crippen LogP contribution < -0.4 is 0 Å². The van der Waals surface area contributed by atoms with Gasteiger partial charge in [-0.25, -0.2) is 0 Å². The Balaban J connectivity index is 2.07. The number of amides is 2. The molecule has 2 amide bonds. The van der Waals surface area contributed by atoms with Crippen LogP contribution in [0.25, 0.3) is 6.08 Å². The molecule has 0 radical (unpaired) electrons. The van der Waals surface area contributed by atoms with Crippen LogP contribution in [0, 0.1) is 6.92 Å². The average molecular weight is 361 g/mol. The maximum Gasteiger partial charge on any atom is 0.294 e. The zero-order chi connectivity index (χ0) is 18.2. The van der Waals surface area contributed by atoms with Gasteiger partial charge in [0.25, 0.3) is 11.1 Å². The van der Waals surface area contributed by atoms with Crippen LogP contribution in [0.2, 0.25) is 0 Å². The van der Waals surface area contributed by atoms with Gasteiger partial charge in [0.1, 0.15) is 0 Å². The summed E-state index contributed by atoms with van der Waals surface area (Å²) in [4.78, 5) is 29.1. The lowest BCUT2D eigenvalue weighted by Gasteiger charge is -2.26. The standard InChI is InChI=1S/C20H28N2O2S/c1-4-6-12-21(13-7-5-2)15-22-19(23)18(25-20(22)24)14-17-10-8-16(3)9-11-17/h8-11,14H,4-7,12-13,15H2,1-3H3/b18-14+. The monoisotopic (exact) mass is 360 g/mol. The molecule has 0 saturated carbocycles. The minimum atomic E-state index is -0.173. The molecule has 0 spiro atoms. The van der Waals surface area contributed by atoms with E-state index in [1.165, 1.54) is 10.5 Å². The van der Waals surface area contributed by atoms with Crippen LogP contribution in [0.4, 0.5) is 4.79 Å². The number of nitrogens with zero attached hydrogens (tertiary/aromatic N) is 2. The van der Waals surface area contributed by atoms with Gasteiger partial charge in [-0.15, -0.1) is 0 Å². The van der Waals surface area contributed by atoms with Crippen molar-refractivity contribution in [2.24, 2.45) is 0 Å². The quantitative estimate of drug-likeness (QED) is 0.588. The number of rotatable bonds is 9. The van der Waals surface area contributed by atoms with E-state index in [0.29, 0.717) is 11.6 Å². The molecule has 1 aromatic carbocycles. The van der Waals surface area contributed by atoms with Crippen LogP contribution in [0.5, 0.6) is 0 Å². The lowest BCUT2D eigenvalue weighted by atomic mass is 10.1. The Kier molecular flexibility index (Phi) is 7.72. The molecule has 1 saturated heterocycles. The summed E-state index contributed by atoms with van der Waals surface area (Å²) in [7, 11) is 0. The molecule has 0 aliphatic carbocycles. The van der Waals surface area contributed by atoms with Crippen LogP contribution in [0.3, 0.4) is 0 Å². The molecule has 2 rings (SSSR count). The van der Waals surface area contributed by atoms with Gasteiger partial charge in [0.05, 0.1) is 11.6 Å². The normalized spacial score (nSPS) is 16.5. The molecular weight excluding hydrogens is 332 g/mol. The molecule has 4 nitrogen and oxygen atoms in total. The average Bonchev–Trinajstić information content (AvgIpc) is 2.86. The summed E-state index contributed by atoms with van der Waals surface area (Å²) < 4.78 is 0. The second-order valence-electron chi connectivity index (χ2n) is 6.49. The fourth-order valence-corrected chi connectivity index (χ4v) is 3.48. The summed E-state index contributed by atoms with van der Waals surface area (Å²) in [6.07, 6.45) is 6.20. The second-order valence-corrected chi connectivity index (χ2v) is 7.48. The molecule has 5 heteroatoms. The number of unbranched alkanes of at least 4 members (excludes halogenated alkanes) is 2. The molecule has 0 unspecified atom stereocenters. The number of hydrogen-bond donors (Lipinski definition) is 0. The molecule has 1 fully saturated rings. The van der Waals surface area contributed by atoms with Crippen molar-refractivity contribution in [1.29, 1.82) is 0 Å². The van der Waals surface area contributed by atoms with Gasteiger partial charge in [0, 0.05) is 0 Å². The van der Waals surface area contributed by atoms with Crippen LogP contribution in [0.1, 0.15) is 50.7 Å². The molecule has 1 aliphatic heterocycles. The van der Waals surface area contributed by atoms with Gasteiger partial charge in [0.15, 0.2) is 0 Å². The number of carbonyl (C=O) groups is 2. The Labute approximate surface area is 155 Å². The fraction of sp³-hybridized carbons (Fsp3) is 0.500. The van der Waals surface area contributed by atoms with Crippen molar-refractivity contribution in [2.75, 3.05) is 19.8 Å². The first-order chi connectivity index (χ1) is 12.0. The smallest absolute Gasteiger partial charge is 0.286 e. The summed E-state index contributed by atoms with van der Waals surface area (Å²) in [5.74, 6) is -0.173. The lowest BCUT2D eigenvalue weighted by Crippen LogP contribution is -2.41. The number of benzene rings is 1. The Morgan fingerprint density at radius 2 is 1.64 bits per heavy atom. The van der Waals surface area contributed by atoms with Gasteiger partial charge >= 0.3 is 0 Å². The number of thioether (sulfide) groups is 1. The van der Waals surface area contributed by atoms with E-state index >= 15 is 0 Å². The van der Waals surface area contributed by atoms with Crippen molar-refractivity contribution < 1.29 is 9.59 Å². The molecule has 25 heavy (non-hydrogen) atoms. The third-order valence-electron chi connectivity index (χ3n) is 4.25. The van der Waals surface area contributed by atoms with Crippen molar-refractivity contribution >= 4 is 29.0 Å². The topological polar surface area (TPSA) is 40.6 Å². The van der Waals surface area contributed by atoms with Crippen molar-refractivity contribution in [2.45, 2.75) is 46.5 Å². The molecule has 0 atom stereocenters. The number of imide groups is 1. The van der Waals surface area contributed by atoms with Gasteiger partial charge in [-0.3, -0.25) is 19.4 Å². The van der Waals surface area contributed by atoms with E-state index in [1.807, 2.05) is 37.3 Å². The van der Waals surface area contributed by atoms with E-state index in [2.05, 4.69) is 18.7 Å². The van der Waals surface area contributed by atoms with Gasteiger partial charge in [-0.2, -0.15) is 0 Å². The minimum Gasteiger partial charge on any atom is -0.286 e. The van der Waals surface area contributed by atoms with E-state index < -0.39 is 0 Å². The Hall–Kier alpha value is -1.59. The predicted octanol–water partition coefficient (Wildman–Crippen LogP) is 4.89. The third kappa shape index (κ3) is 5.72. The van der Waals surface area contributed by atoms with E-state index in [9.17, 15) is 9.59 Å². The maximum absolute atomic E-state index is 12.7. The summed E-state index contributed by atoms with van der Waals surface area (Å²) in [6, 6.07) is 7.96. The van der Waals surface area contributed by atoms with Crippen LogP contribution in [-0.2, 0) is 4.79 Å². The highest BCUT2D eigenvalue weighted by atomic mass is 32.2. The SMILES string of the molecule is CCCCN(CCCC)CN1C(=O)S/C(=C/c2ccc(C)cc2)C1=O. The minimum absolute atomic E-state index is 0.165. The molecule has 0 bridgehead atoms. The largest absolute Gasteiger partial charge is 0.294 e. The van der Waals surface area contributed by atoms with Gasteiger partial charge in [0.2, 0.25) is 0 Å². The van der Waals surface area contributed by atoms with Crippen molar-refractivity contribution in [1.82, 2.24) is 9.80 Å². The Bertz CT molecular complexity index is 617. The molecule has 1 heterocycles. The Morgan fingerprint density at radius 1 is 1.04 bits per heavy atom. The van der Waals surface area contributed by atoms with Gasteiger partial charge in [-0.1, -0.05) is 56.5 Å². The first-order valence-corrected chi connectivity index (χ1v) is 9.91. The van der Waals surface area contributed by atoms with Crippen LogP contribution in [0.15, 0.2) is 29.2 Å². The van der Waals surface area contributed by atoms with E-state index in [-0.39, 0.29) is 11.1 Å². The lowest BCUT2D eigenvalue weighted by molar-refractivity contribution is -0.124. The van der Waals surface area contributed by atoms with Gasteiger partial charge < -0.3 is 0 Å². The summed E-state index contributed by atoms with van der Waals surface area (Å²) in [5.41, 5.74) is 2.12. The maximum atomic E-state index is 12.7. The first-order valence-electron chi connectivity index (χ1n) is 9.09. The molecular formula is C20H28N2O2S. The summed E-state index contributed by atoms with van der Waals surface area (Å²) in [6.45, 7) is 8.59. The van der Waals surface area contributed by atoms with Crippen LogP contribution >= 0.6 is 11.8 Å². The highest BCUT2D eigenvalue weighted by molar-refractivity contribution is 8.18. The van der Waals surface area contributed by atoms with E-state index in [0.717, 1.165) is 56.1 Å². The molecule has 0 aromatic heterocycles. The predicted molar refractivity (Wildman–Crippen MR) is 105 cm³/mol. The molecule has 0 N–H and O–H groups in total. The number of carbonyl (C=O) groups excluding carboxylic acids is 2. The van der Waals surface area contributed by atoms with Crippen molar-refractivity contribution in [3.63, 3.8) is 0 Å². The Morgan fingerprint density at radius 3 is 2.20 bits per heavy atom. The highest BCUT2D eigenvalue weighted by Crippen LogP contribution is 2.32. The first kappa shape index (κ1) is 19.7. The zero-order valence-electron chi connectivity index (χ0n) is 15.5.